The second-order valence-electron chi connectivity index (χ2n) is 5.29. The van der Waals surface area contributed by atoms with E-state index >= 15 is 0 Å². The highest BCUT2D eigenvalue weighted by molar-refractivity contribution is 5.85. The predicted octanol–water partition coefficient (Wildman–Crippen LogP) is 4.36. The summed E-state index contributed by atoms with van der Waals surface area (Å²) in [4.78, 5) is 4.54. The fourth-order valence-corrected chi connectivity index (χ4v) is 2.55. The van der Waals surface area contributed by atoms with E-state index in [1.54, 1.807) is 0 Å². The molecule has 0 aliphatic rings. The number of hydrogen-bond donors (Lipinski definition) is 0. The van der Waals surface area contributed by atoms with E-state index < -0.39 is 0 Å². The van der Waals surface area contributed by atoms with Crippen LogP contribution in [0.25, 0.3) is 22.0 Å². The highest BCUT2D eigenvalue weighted by Gasteiger charge is 2.10. The van der Waals surface area contributed by atoms with Crippen molar-refractivity contribution in [2.24, 2.45) is 7.05 Å². The Morgan fingerprint density at radius 1 is 1.11 bits per heavy atom. The van der Waals surface area contributed by atoms with Gasteiger partial charge in [-0.25, -0.2) is 0 Å². The van der Waals surface area contributed by atoms with Crippen LogP contribution < -0.4 is 0 Å². The Labute approximate surface area is 113 Å². The molecular formula is C17H18N2. The number of nitrogens with zero attached hydrogens (tertiary/aromatic N) is 2. The van der Waals surface area contributed by atoms with Gasteiger partial charge in [0.25, 0.3) is 0 Å². The van der Waals surface area contributed by atoms with Gasteiger partial charge in [-0.15, -0.1) is 0 Å². The van der Waals surface area contributed by atoms with Crippen LogP contribution >= 0.6 is 0 Å². The highest BCUT2D eigenvalue weighted by atomic mass is 14.9. The lowest BCUT2D eigenvalue weighted by atomic mass is 9.97. The fourth-order valence-electron chi connectivity index (χ4n) is 2.55. The van der Waals surface area contributed by atoms with Gasteiger partial charge in [0, 0.05) is 30.5 Å². The minimum Gasteiger partial charge on any atom is -0.351 e. The first-order valence-corrected chi connectivity index (χ1v) is 6.67. The molecule has 96 valence electrons. The SMILES string of the molecule is CC(C)c1ncccc1-c1ccc2ccn(C)c2c1. The Hall–Kier alpha value is -2.09. The molecule has 0 N–H and O–H groups in total. The third kappa shape index (κ3) is 2.03. The van der Waals surface area contributed by atoms with Crippen LogP contribution in [0.5, 0.6) is 0 Å². The zero-order chi connectivity index (χ0) is 13.4. The maximum Gasteiger partial charge on any atom is 0.0507 e. The largest absolute Gasteiger partial charge is 0.351 e. The van der Waals surface area contributed by atoms with Gasteiger partial charge in [0.1, 0.15) is 0 Å². The van der Waals surface area contributed by atoms with E-state index in [0.717, 1.165) is 5.69 Å². The minimum atomic E-state index is 0.431. The van der Waals surface area contributed by atoms with Crippen molar-refractivity contribution in [3.8, 4) is 11.1 Å². The van der Waals surface area contributed by atoms with Crippen LogP contribution in [-0.2, 0) is 7.05 Å². The smallest absolute Gasteiger partial charge is 0.0507 e. The zero-order valence-electron chi connectivity index (χ0n) is 11.6. The number of aromatic nitrogens is 2. The number of hydrogen-bond acceptors (Lipinski definition) is 1. The van der Waals surface area contributed by atoms with E-state index in [1.165, 1.54) is 22.0 Å². The van der Waals surface area contributed by atoms with Gasteiger partial charge in [-0.1, -0.05) is 32.0 Å². The maximum atomic E-state index is 4.54. The Bertz CT molecular complexity index is 723. The van der Waals surface area contributed by atoms with Crippen molar-refractivity contribution in [2.45, 2.75) is 19.8 Å². The molecule has 2 heteroatoms. The van der Waals surface area contributed by atoms with E-state index in [-0.39, 0.29) is 0 Å². The fraction of sp³-hybridized carbons (Fsp3) is 0.235. The lowest BCUT2D eigenvalue weighted by Crippen LogP contribution is -1.96. The normalized spacial score (nSPS) is 11.4. The first kappa shape index (κ1) is 12.0. The molecule has 0 fully saturated rings. The van der Waals surface area contributed by atoms with Crippen molar-refractivity contribution in [2.75, 3.05) is 0 Å². The van der Waals surface area contributed by atoms with E-state index in [2.05, 4.69) is 67.0 Å². The molecule has 0 amide bonds. The molecule has 2 heterocycles. The third-order valence-corrected chi connectivity index (χ3v) is 3.58. The summed E-state index contributed by atoms with van der Waals surface area (Å²) in [6.07, 6.45) is 3.97. The lowest BCUT2D eigenvalue weighted by Gasteiger charge is -2.11. The lowest BCUT2D eigenvalue weighted by molar-refractivity contribution is 0.826. The average Bonchev–Trinajstić information content (AvgIpc) is 2.80. The summed E-state index contributed by atoms with van der Waals surface area (Å²) in [6, 6.07) is 12.9. The van der Waals surface area contributed by atoms with Crippen molar-refractivity contribution >= 4 is 10.9 Å². The van der Waals surface area contributed by atoms with Gasteiger partial charge in [-0.05, 0) is 35.1 Å². The first-order valence-electron chi connectivity index (χ1n) is 6.67. The molecule has 0 spiro atoms. The topological polar surface area (TPSA) is 17.8 Å². The van der Waals surface area contributed by atoms with Crippen molar-refractivity contribution in [3.05, 3.63) is 54.5 Å². The van der Waals surface area contributed by atoms with Crippen LogP contribution in [0.15, 0.2) is 48.8 Å². The average molecular weight is 250 g/mol. The standard InChI is InChI=1S/C17H18N2/c1-12(2)17-15(5-4-9-18-17)14-7-6-13-8-10-19(3)16(13)11-14/h4-12H,1-3H3. The second kappa shape index (κ2) is 4.54. The van der Waals surface area contributed by atoms with Gasteiger partial charge in [0.05, 0.1) is 5.69 Å². The predicted molar refractivity (Wildman–Crippen MR) is 80.2 cm³/mol. The van der Waals surface area contributed by atoms with Gasteiger partial charge in [-0.2, -0.15) is 0 Å². The van der Waals surface area contributed by atoms with Crippen LogP contribution in [0.3, 0.4) is 0 Å². The minimum absolute atomic E-state index is 0.431. The van der Waals surface area contributed by atoms with Crippen molar-refractivity contribution in [1.82, 2.24) is 9.55 Å². The Balaban J connectivity index is 2.21. The molecule has 0 radical (unpaired) electrons. The first-order chi connectivity index (χ1) is 9.16. The van der Waals surface area contributed by atoms with Gasteiger partial charge >= 0.3 is 0 Å². The van der Waals surface area contributed by atoms with Gasteiger partial charge in [0.15, 0.2) is 0 Å². The third-order valence-electron chi connectivity index (χ3n) is 3.58. The second-order valence-corrected chi connectivity index (χ2v) is 5.29. The van der Waals surface area contributed by atoms with Gasteiger partial charge in [-0.3, -0.25) is 4.98 Å². The van der Waals surface area contributed by atoms with Gasteiger partial charge in [0.2, 0.25) is 0 Å². The van der Waals surface area contributed by atoms with E-state index in [9.17, 15) is 0 Å². The summed E-state index contributed by atoms with van der Waals surface area (Å²) in [5, 5.41) is 1.28. The van der Waals surface area contributed by atoms with Crippen molar-refractivity contribution in [1.29, 1.82) is 0 Å². The Morgan fingerprint density at radius 2 is 1.95 bits per heavy atom. The van der Waals surface area contributed by atoms with Crippen LogP contribution in [-0.4, -0.2) is 9.55 Å². The zero-order valence-corrected chi connectivity index (χ0v) is 11.6. The molecule has 1 aromatic carbocycles. The summed E-state index contributed by atoms with van der Waals surface area (Å²) in [6.45, 7) is 4.37. The molecule has 0 aliphatic carbocycles. The molecule has 0 atom stereocenters. The van der Waals surface area contributed by atoms with Crippen molar-refractivity contribution in [3.63, 3.8) is 0 Å². The molecule has 19 heavy (non-hydrogen) atoms. The van der Waals surface area contributed by atoms with Crippen LogP contribution in [0.1, 0.15) is 25.5 Å². The summed E-state index contributed by atoms with van der Waals surface area (Å²) in [5.41, 5.74) is 4.90. The molecule has 3 aromatic rings. The molecule has 2 nitrogen and oxygen atoms in total. The molecule has 0 aliphatic heterocycles. The molecule has 0 saturated carbocycles. The number of aryl methyl sites for hydroxylation is 1. The summed E-state index contributed by atoms with van der Waals surface area (Å²) in [5.74, 6) is 0.431. The van der Waals surface area contributed by atoms with E-state index in [0.29, 0.717) is 5.92 Å². The van der Waals surface area contributed by atoms with Gasteiger partial charge < -0.3 is 4.57 Å². The maximum absolute atomic E-state index is 4.54. The van der Waals surface area contributed by atoms with E-state index in [4.69, 9.17) is 0 Å². The monoisotopic (exact) mass is 250 g/mol. The summed E-state index contributed by atoms with van der Waals surface area (Å²) < 4.78 is 2.16. The molecule has 0 saturated heterocycles. The Kier molecular flexibility index (Phi) is 2.86. The number of rotatable bonds is 2. The highest BCUT2D eigenvalue weighted by Crippen LogP contribution is 2.29. The summed E-state index contributed by atoms with van der Waals surface area (Å²) in [7, 11) is 2.08. The van der Waals surface area contributed by atoms with Crippen LogP contribution in [0.4, 0.5) is 0 Å². The molecule has 3 rings (SSSR count). The molecule has 0 bridgehead atoms. The Morgan fingerprint density at radius 3 is 2.74 bits per heavy atom. The molecular weight excluding hydrogens is 232 g/mol. The summed E-state index contributed by atoms with van der Waals surface area (Å²) >= 11 is 0. The van der Waals surface area contributed by atoms with Crippen LogP contribution in [0.2, 0.25) is 0 Å². The quantitative estimate of drug-likeness (QED) is 0.660. The number of pyridine rings is 1. The molecule has 0 unspecified atom stereocenters. The van der Waals surface area contributed by atoms with Crippen molar-refractivity contribution < 1.29 is 0 Å². The molecule has 2 aromatic heterocycles. The van der Waals surface area contributed by atoms with Crippen LogP contribution in [0, 0.1) is 0 Å². The number of benzene rings is 1. The van der Waals surface area contributed by atoms with E-state index in [1.807, 2.05) is 12.3 Å². The number of fused-ring (bicyclic) bond motifs is 1.